The van der Waals surface area contributed by atoms with Crippen molar-refractivity contribution in [3.8, 4) is 0 Å². The average molecular weight is 256 g/mol. The lowest BCUT2D eigenvalue weighted by Crippen LogP contribution is -2.54. The number of hydrogen-bond donors (Lipinski definition) is 1. The Morgan fingerprint density at radius 3 is 2.22 bits per heavy atom. The molecule has 0 aromatic carbocycles. The molecule has 1 heterocycles. The molecule has 1 aliphatic rings. The molecule has 0 aliphatic carbocycles. The second kappa shape index (κ2) is 4.96. The summed E-state index contributed by atoms with van der Waals surface area (Å²) in [6.45, 7) is 5.93. The fraction of sp³-hybridized carbons (Fsp3) is 0.750. The van der Waals surface area contributed by atoms with Crippen molar-refractivity contribution in [2.24, 2.45) is 11.3 Å². The van der Waals surface area contributed by atoms with Crippen LogP contribution in [0.25, 0.3) is 0 Å². The highest BCUT2D eigenvalue weighted by atomic mass is 16.4. The van der Waals surface area contributed by atoms with E-state index in [0.29, 0.717) is 13.1 Å². The first-order valence-electron chi connectivity index (χ1n) is 5.90. The number of nitrogens with zero attached hydrogens (tertiary/aromatic N) is 2. The maximum Gasteiger partial charge on any atom is 0.316 e. The van der Waals surface area contributed by atoms with E-state index < -0.39 is 23.2 Å². The van der Waals surface area contributed by atoms with Crippen LogP contribution >= 0.6 is 0 Å². The van der Waals surface area contributed by atoms with E-state index in [9.17, 15) is 19.5 Å². The number of aliphatic carboxylic acids is 1. The molecule has 1 unspecified atom stereocenters. The van der Waals surface area contributed by atoms with Crippen LogP contribution in [0, 0.1) is 11.3 Å². The van der Waals surface area contributed by atoms with Gasteiger partial charge in [0.2, 0.25) is 11.8 Å². The van der Waals surface area contributed by atoms with Gasteiger partial charge >= 0.3 is 5.97 Å². The molecule has 6 heteroatoms. The van der Waals surface area contributed by atoms with Crippen molar-refractivity contribution in [1.29, 1.82) is 0 Å². The standard InChI is InChI=1S/C12H20N2O4/c1-12(2,3)9(11(17)18)10(16)14-6-5-13(4)8(15)7-14/h9H,5-7H2,1-4H3,(H,17,18). The van der Waals surface area contributed by atoms with Gasteiger partial charge in [-0.25, -0.2) is 0 Å². The zero-order valence-corrected chi connectivity index (χ0v) is 11.3. The normalized spacial score (nSPS) is 18.8. The van der Waals surface area contributed by atoms with Gasteiger partial charge in [-0.2, -0.15) is 0 Å². The first-order valence-corrected chi connectivity index (χ1v) is 5.90. The molecule has 18 heavy (non-hydrogen) atoms. The van der Waals surface area contributed by atoms with Crippen molar-refractivity contribution in [2.75, 3.05) is 26.7 Å². The summed E-state index contributed by atoms with van der Waals surface area (Å²) in [4.78, 5) is 37.9. The molecular formula is C12H20N2O4. The Kier molecular flexibility index (Phi) is 3.98. The van der Waals surface area contributed by atoms with Gasteiger partial charge in [0.05, 0.1) is 6.54 Å². The van der Waals surface area contributed by atoms with E-state index in [1.54, 1.807) is 27.8 Å². The predicted octanol–water partition coefficient (Wildman–Crippen LogP) is 0.0339. The third-order valence-electron chi connectivity index (χ3n) is 3.13. The van der Waals surface area contributed by atoms with Gasteiger partial charge in [0.25, 0.3) is 0 Å². The fourth-order valence-corrected chi connectivity index (χ4v) is 1.98. The number of carbonyl (C=O) groups excluding carboxylic acids is 2. The minimum atomic E-state index is -1.14. The van der Waals surface area contributed by atoms with Gasteiger partial charge in [-0.05, 0) is 5.41 Å². The van der Waals surface area contributed by atoms with Crippen molar-refractivity contribution in [3.63, 3.8) is 0 Å². The molecule has 0 aromatic rings. The van der Waals surface area contributed by atoms with Crippen molar-refractivity contribution in [1.82, 2.24) is 9.80 Å². The zero-order valence-electron chi connectivity index (χ0n) is 11.3. The SMILES string of the molecule is CN1CCN(C(=O)C(C(=O)O)C(C)(C)C)CC1=O. The Bertz CT molecular complexity index is 373. The molecule has 6 nitrogen and oxygen atoms in total. The van der Waals surface area contributed by atoms with E-state index in [1.165, 1.54) is 9.80 Å². The molecule has 1 N–H and O–H groups in total. The maximum atomic E-state index is 12.2. The van der Waals surface area contributed by atoms with E-state index in [4.69, 9.17) is 0 Å². The van der Waals surface area contributed by atoms with E-state index in [2.05, 4.69) is 0 Å². The predicted molar refractivity (Wildman–Crippen MR) is 64.8 cm³/mol. The van der Waals surface area contributed by atoms with Crippen LogP contribution in [-0.2, 0) is 14.4 Å². The molecule has 102 valence electrons. The molecule has 2 amide bonds. The lowest BCUT2D eigenvalue weighted by atomic mass is 9.79. The number of hydrogen-bond acceptors (Lipinski definition) is 3. The number of carbonyl (C=O) groups is 3. The largest absolute Gasteiger partial charge is 0.481 e. The van der Waals surface area contributed by atoms with Crippen LogP contribution < -0.4 is 0 Å². The van der Waals surface area contributed by atoms with Crippen LogP contribution in [-0.4, -0.2) is 59.4 Å². The molecular weight excluding hydrogens is 236 g/mol. The van der Waals surface area contributed by atoms with Crippen LogP contribution in [0.15, 0.2) is 0 Å². The van der Waals surface area contributed by atoms with E-state index in [0.717, 1.165) is 0 Å². The number of rotatable bonds is 2. The summed E-state index contributed by atoms with van der Waals surface area (Å²) in [6, 6.07) is 0. The summed E-state index contributed by atoms with van der Waals surface area (Å²) < 4.78 is 0. The smallest absolute Gasteiger partial charge is 0.316 e. The summed E-state index contributed by atoms with van der Waals surface area (Å²) >= 11 is 0. The summed E-state index contributed by atoms with van der Waals surface area (Å²) in [7, 11) is 1.67. The Morgan fingerprint density at radius 1 is 1.28 bits per heavy atom. The molecule has 1 aliphatic heterocycles. The van der Waals surface area contributed by atoms with Crippen LogP contribution in [0.1, 0.15) is 20.8 Å². The highest BCUT2D eigenvalue weighted by molar-refractivity contribution is 5.99. The Morgan fingerprint density at radius 2 is 1.83 bits per heavy atom. The molecule has 0 spiro atoms. The molecule has 0 saturated carbocycles. The molecule has 0 bridgehead atoms. The molecule has 0 radical (unpaired) electrons. The second-order valence-electron chi connectivity index (χ2n) is 5.71. The van der Waals surface area contributed by atoms with Gasteiger partial charge in [0, 0.05) is 20.1 Å². The van der Waals surface area contributed by atoms with Crippen LogP contribution in [0.4, 0.5) is 0 Å². The highest BCUT2D eigenvalue weighted by Gasteiger charge is 2.41. The third kappa shape index (κ3) is 3.00. The number of carboxylic acid groups (broad SMARTS) is 1. The summed E-state index contributed by atoms with van der Waals surface area (Å²) in [6.07, 6.45) is 0. The Balaban J connectivity index is 2.85. The van der Waals surface area contributed by atoms with Gasteiger partial charge in [-0.15, -0.1) is 0 Å². The van der Waals surface area contributed by atoms with Gasteiger partial charge < -0.3 is 14.9 Å². The van der Waals surface area contributed by atoms with E-state index in [1.807, 2.05) is 0 Å². The monoisotopic (exact) mass is 256 g/mol. The molecule has 0 aromatic heterocycles. The maximum absolute atomic E-state index is 12.2. The van der Waals surface area contributed by atoms with E-state index in [-0.39, 0.29) is 12.5 Å². The molecule has 1 rings (SSSR count). The van der Waals surface area contributed by atoms with Gasteiger partial charge in [-0.3, -0.25) is 14.4 Å². The number of carboxylic acids is 1. The minimum Gasteiger partial charge on any atom is -0.481 e. The van der Waals surface area contributed by atoms with Gasteiger partial charge in [0.15, 0.2) is 0 Å². The van der Waals surface area contributed by atoms with Crippen LogP contribution in [0.2, 0.25) is 0 Å². The van der Waals surface area contributed by atoms with Crippen molar-refractivity contribution in [3.05, 3.63) is 0 Å². The summed E-state index contributed by atoms with van der Waals surface area (Å²) in [5.41, 5.74) is -0.671. The van der Waals surface area contributed by atoms with Gasteiger partial charge in [-0.1, -0.05) is 20.8 Å². The second-order valence-corrected chi connectivity index (χ2v) is 5.71. The van der Waals surface area contributed by atoms with Crippen LogP contribution in [0.3, 0.4) is 0 Å². The summed E-state index contributed by atoms with van der Waals surface area (Å²) in [5.74, 6) is -2.89. The first-order chi connectivity index (χ1) is 8.14. The molecule has 1 fully saturated rings. The quantitative estimate of drug-likeness (QED) is 0.707. The first kappa shape index (κ1) is 14.5. The Labute approximate surface area is 107 Å². The van der Waals surface area contributed by atoms with Crippen molar-refractivity contribution >= 4 is 17.8 Å². The van der Waals surface area contributed by atoms with E-state index >= 15 is 0 Å². The minimum absolute atomic E-state index is 0.0325. The van der Waals surface area contributed by atoms with Crippen molar-refractivity contribution in [2.45, 2.75) is 20.8 Å². The van der Waals surface area contributed by atoms with Crippen molar-refractivity contribution < 1.29 is 19.5 Å². The number of amides is 2. The third-order valence-corrected chi connectivity index (χ3v) is 3.13. The average Bonchev–Trinajstić information content (AvgIpc) is 2.19. The number of piperazine rings is 1. The van der Waals surface area contributed by atoms with Crippen LogP contribution in [0.5, 0.6) is 0 Å². The topological polar surface area (TPSA) is 77.9 Å². The lowest BCUT2D eigenvalue weighted by molar-refractivity contribution is -0.159. The lowest BCUT2D eigenvalue weighted by Gasteiger charge is -2.36. The summed E-state index contributed by atoms with van der Waals surface area (Å²) in [5, 5.41) is 9.18. The number of likely N-dealkylation sites (N-methyl/N-ethyl adjacent to an activating group) is 1. The van der Waals surface area contributed by atoms with Gasteiger partial charge in [0.1, 0.15) is 5.92 Å². The Hall–Kier alpha value is -1.59. The zero-order chi connectivity index (χ0) is 14.1. The molecule has 1 saturated heterocycles. The highest BCUT2D eigenvalue weighted by Crippen LogP contribution is 2.28. The molecule has 1 atom stereocenters. The fourth-order valence-electron chi connectivity index (χ4n) is 1.98.